The smallest absolute Gasteiger partial charge is 0.383 e. The fraction of sp³-hybridized carbons (Fsp3) is 0.533. The van der Waals surface area contributed by atoms with Gasteiger partial charge in [0, 0.05) is 17.8 Å². The van der Waals surface area contributed by atoms with Gasteiger partial charge in [-0.2, -0.15) is 22.0 Å². The minimum absolute atomic E-state index is 0.0432. The first-order valence-corrected chi connectivity index (χ1v) is 13.1. The fourth-order valence-electron chi connectivity index (χ4n) is 7.77. The van der Waals surface area contributed by atoms with Crippen LogP contribution in [0.4, 0.5) is 22.0 Å². The van der Waals surface area contributed by atoms with Gasteiger partial charge in [-0.05, 0) is 91.7 Å². The zero-order valence-corrected chi connectivity index (χ0v) is 21.4. The Bertz CT molecular complexity index is 1260. The van der Waals surface area contributed by atoms with Crippen LogP contribution in [0.15, 0.2) is 53.1 Å². The molecule has 5 rings (SSSR count). The summed E-state index contributed by atoms with van der Waals surface area (Å²) in [5.74, 6) is -6.59. The van der Waals surface area contributed by atoms with Gasteiger partial charge in [0.05, 0.1) is 0 Å². The highest BCUT2D eigenvalue weighted by molar-refractivity contribution is 5.93. The van der Waals surface area contributed by atoms with Crippen LogP contribution in [0.2, 0.25) is 0 Å². The summed E-state index contributed by atoms with van der Waals surface area (Å²) in [6.45, 7) is 2.85. The highest BCUT2D eigenvalue weighted by Crippen LogP contribution is 2.70. The molecule has 1 N–H and O–H groups in total. The number of alkyl halides is 5. The van der Waals surface area contributed by atoms with Crippen molar-refractivity contribution in [3.05, 3.63) is 64.3 Å². The lowest BCUT2D eigenvalue weighted by molar-refractivity contribution is -0.362. The molecule has 2 fully saturated rings. The third kappa shape index (κ3) is 3.93. The number of ketones is 2. The molecular formula is C30H31F5O3. The third-order valence-electron chi connectivity index (χ3n) is 9.61. The lowest BCUT2D eigenvalue weighted by Gasteiger charge is -2.56. The van der Waals surface area contributed by atoms with E-state index in [0.717, 1.165) is 27.8 Å². The molecule has 204 valence electrons. The van der Waals surface area contributed by atoms with Gasteiger partial charge >= 0.3 is 12.1 Å². The van der Waals surface area contributed by atoms with Crippen LogP contribution in [0.25, 0.3) is 6.08 Å². The van der Waals surface area contributed by atoms with Gasteiger partial charge in [0.2, 0.25) is 0 Å². The van der Waals surface area contributed by atoms with Crippen LogP contribution < -0.4 is 0 Å². The quantitative estimate of drug-likeness (QED) is 0.331. The Hall–Kier alpha value is -2.61. The predicted molar refractivity (Wildman–Crippen MR) is 132 cm³/mol. The molecule has 38 heavy (non-hydrogen) atoms. The van der Waals surface area contributed by atoms with Crippen molar-refractivity contribution >= 4 is 17.6 Å². The average molecular weight is 535 g/mol. The van der Waals surface area contributed by atoms with Crippen LogP contribution in [-0.2, 0) is 9.59 Å². The SMILES string of the molecule is CC(=O)/C=C/c1ccc([C@H]2C[C@@]3(C)[C@@H](CC[C@@]3(O)C(F)(F)C(F)(F)F)[C@@H]3CCC4=CC(=O)CCC4=C32)cc1. The molecule has 0 aliphatic heterocycles. The summed E-state index contributed by atoms with van der Waals surface area (Å²) < 4.78 is 71.0. The van der Waals surface area contributed by atoms with Gasteiger partial charge in [-0.25, -0.2) is 0 Å². The largest absolute Gasteiger partial charge is 0.456 e. The second-order valence-electron chi connectivity index (χ2n) is 11.6. The summed E-state index contributed by atoms with van der Waals surface area (Å²) in [6, 6.07) is 7.22. The Balaban J connectivity index is 1.65. The minimum atomic E-state index is -5.87. The highest BCUT2D eigenvalue weighted by Gasteiger charge is 2.79. The van der Waals surface area contributed by atoms with Gasteiger partial charge in [0.1, 0.15) is 5.60 Å². The summed E-state index contributed by atoms with van der Waals surface area (Å²) >= 11 is 0. The first-order valence-electron chi connectivity index (χ1n) is 13.1. The molecule has 0 heterocycles. The normalized spacial score (nSPS) is 33.6. The molecule has 0 saturated heterocycles. The molecule has 5 atom stereocenters. The van der Waals surface area contributed by atoms with Crippen LogP contribution >= 0.6 is 0 Å². The maximum atomic E-state index is 15.0. The number of rotatable bonds is 4. The molecule has 1 aromatic carbocycles. The van der Waals surface area contributed by atoms with Crippen molar-refractivity contribution in [2.24, 2.45) is 17.3 Å². The summed E-state index contributed by atoms with van der Waals surface area (Å²) in [7, 11) is 0. The molecule has 0 spiro atoms. The minimum Gasteiger partial charge on any atom is -0.383 e. The third-order valence-corrected chi connectivity index (χ3v) is 9.61. The van der Waals surface area contributed by atoms with E-state index in [1.165, 1.54) is 19.9 Å². The Labute approximate surface area is 218 Å². The van der Waals surface area contributed by atoms with Crippen molar-refractivity contribution in [3.8, 4) is 0 Å². The van der Waals surface area contributed by atoms with E-state index in [-0.39, 0.29) is 30.3 Å². The highest BCUT2D eigenvalue weighted by atomic mass is 19.4. The van der Waals surface area contributed by atoms with Crippen LogP contribution in [0.5, 0.6) is 0 Å². The Morgan fingerprint density at radius 2 is 1.74 bits per heavy atom. The van der Waals surface area contributed by atoms with E-state index in [2.05, 4.69) is 0 Å². The molecule has 0 amide bonds. The predicted octanol–water partition coefficient (Wildman–Crippen LogP) is 7.12. The van der Waals surface area contributed by atoms with Gasteiger partial charge in [0.25, 0.3) is 0 Å². The number of benzene rings is 1. The number of allylic oxidation sites excluding steroid dienone is 5. The standard InChI is InChI=1S/C30H31F5O3/c1-17(36)3-4-18-5-7-19(8-6-18)24-16-27(2)25(13-14-28(27,38)29(31,32)30(33,34)35)23-11-9-20-15-21(37)10-12-22(20)26(23)24/h3-8,15,23-25,38H,9-14,16H2,1-2H3/b4-3+/t23-,24+,25-,27-,28-/m0/s1. The van der Waals surface area contributed by atoms with Crippen LogP contribution in [0.1, 0.15) is 75.8 Å². The number of aliphatic hydroxyl groups is 1. The molecular weight excluding hydrogens is 503 g/mol. The number of carbonyl (C=O) groups excluding carboxylic acids is 2. The van der Waals surface area contributed by atoms with Crippen molar-refractivity contribution in [2.45, 2.75) is 82.4 Å². The lowest BCUT2D eigenvalue weighted by Crippen LogP contribution is -2.65. The molecule has 4 aliphatic rings. The van der Waals surface area contributed by atoms with Crippen molar-refractivity contribution in [3.63, 3.8) is 0 Å². The van der Waals surface area contributed by atoms with Crippen LogP contribution in [0.3, 0.4) is 0 Å². The second-order valence-corrected chi connectivity index (χ2v) is 11.6. The van der Waals surface area contributed by atoms with Crippen molar-refractivity contribution in [2.75, 3.05) is 0 Å². The maximum Gasteiger partial charge on any atom is 0.456 e. The summed E-state index contributed by atoms with van der Waals surface area (Å²) in [6.07, 6.45) is 0.254. The number of halogens is 5. The molecule has 8 heteroatoms. The van der Waals surface area contributed by atoms with E-state index in [1.807, 2.05) is 12.1 Å². The summed E-state index contributed by atoms with van der Waals surface area (Å²) in [5, 5.41) is 11.3. The van der Waals surface area contributed by atoms with Crippen LogP contribution in [0, 0.1) is 17.3 Å². The van der Waals surface area contributed by atoms with E-state index in [0.29, 0.717) is 25.7 Å². The Morgan fingerprint density at radius 3 is 2.37 bits per heavy atom. The molecule has 3 nitrogen and oxygen atoms in total. The summed E-state index contributed by atoms with van der Waals surface area (Å²) in [4.78, 5) is 23.5. The number of hydrogen-bond donors (Lipinski definition) is 1. The number of hydrogen-bond acceptors (Lipinski definition) is 3. The maximum absolute atomic E-state index is 15.0. The van der Waals surface area contributed by atoms with E-state index in [4.69, 9.17) is 0 Å². The van der Waals surface area contributed by atoms with Crippen molar-refractivity contribution < 1.29 is 36.6 Å². The molecule has 2 saturated carbocycles. The number of fused-ring (bicyclic) bond motifs is 4. The first-order chi connectivity index (χ1) is 17.7. The molecule has 1 aromatic rings. The zero-order chi connectivity index (χ0) is 27.7. The van der Waals surface area contributed by atoms with Crippen molar-refractivity contribution in [1.29, 1.82) is 0 Å². The van der Waals surface area contributed by atoms with E-state index in [9.17, 15) is 27.9 Å². The molecule has 4 aliphatic carbocycles. The van der Waals surface area contributed by atoms with Gasteiger partial charge in [0.15, 0.2) is 11.6 Å². The molecule has 0 radical (unpaired) electrons. The monoisotopic (exact) mass is 534 g/mol. The van der Waals surface area contributed by atoms with Gasteiger partial charge < -0.3 is 5.11 Å². The van der Waals surface area contributed by atoms with Crippen LogP contribution in [-0.4, -0.2) is 34.4 Å². The Kier molecular flexibility index (Phi) is 6.37. The first kappa shape index (κ1) is 27.0. The van der Waals surface area contributed by atoms with E-state index < -0.39 is 41.4 Å². The van der Waals surface area contributed by atoms with Crippen molar-refractivity contribution in [1.82, 2.24) is 0 Å². The van der Waals surface area contributed by atoms with Gasteiger partial charge in [-0.1, -0.05) is 42.8 Å². The van der Waals surface area contributed by atoms with E-state index in [1.54, 1.807) is 24.3 Å². The molecule has 0 unspecified atom stereocenters. The van der Waals surface area contributed by atoms with Gasteiger partial charge in [-0.15, -0.1) is 0 Å². The van der Waals surface area contributed by atoms with Gasteiger partial charge in [-0.3, -0.25) is 9.59 Å². The average Bonchev–Trinajstić information content (AvgIpc) is 3.13. The number of carbonyl (C=O) groups is 2. The fourth-order valence-corrected chi connectivity index (χ4v) is 7.77. The summed E-state index contributed by atoms with van der Waals surface area (Å²) in [5.41, 5.74) is -0.372. The van der Waals surface area contributed by atoms with E-state index >= 15 is 8.78 Å². The molecule has 0 bridgehead atoms. The second kappa shape index (κ2) is 8.97. The zero-order valence-electron chi connectivity index (χ0n) is 21.4. The topological polar surface area (TPSA) is 54.4 Å². The lowest BCUT2D eigenvalue weighted by atomic mass is 9.50. The Morgan fingerprint density at radius 1 is 1.05 bits per heavy atom. The molecule has 0 aromatic heterocycles.